The number of rotatable bonds is 2. The Kier molecular flexibility index (Phi) is 3.77. The van der Waals surface area contributed by atoms with Gasteiger partial charge >= 0.3 is 0 Å². The molecule has 0 bridgehead atoms. The number of hydrogen-bond donors (Lipinski definition) is 0. The molecule has 0 aliphatic heterocycles. The molecule has 2 rings (SSSR count). The van der Waals surface area contributed by atoms with Crippen molar-refractivity contribution in [3.05, 3.63) is 50.9 Å². The van der Waals surface area contributed by atoms with Gasteiger partial charge in [0, 0.05) is 5.02 Å². The SMILES string of the molecule is Cc1ccc(C=Nc2c(Cl)cc(Cl)cc2Cl)o1. The fraction of sp³-hybridized carbons (Fsp3) is 0.0833. The Balaban J connectivity index is 2.33. The van der Waals surface area contributed by atoms with Crippen molar-refractivity contribution < 1.29 is 4.42 Å². The summed E-state index contributed by atoms with van der Waals surface area (Å²) >= 11 is 17.8. The minimum Gasteiger partial charge on any atom is -0.460 e. The van der Waals surface area contributed by atoms with Gasteiger partial charge in [-0.3, -0.25) is 0 Å². The average Bonchev–Trinajstić information content (AvgIpc) is 2.62. The number of benzene rings is 1. The monoisotopic (exact) mass is 287 g/mol. The topological polar surface area (TPSA) is 25.5 Å². The van der Waals surface area contributed by atoms with Crippen LogP contribution in [-0.4, -0.2) is 6.21 Å². The van der Waals surface area contributed by atoms with Crippen molar-refractivity contribution in [2.24, 2.45) is 4.99 Å². The molecule has 0 aliphatic rings. The third-order valence-electron chi connectivity index (χ3n) is 2.06. The quantitative estimate of drug-likeness (QED) is 0.689. The molecule has 1 aromatic heterocycles. The molecule has 0 amide bonds. The van der Waals surface area contributed by atoms with Crippen LogP contribution in [0.2, 0.25) is 15.1 Å². The third kappa shape index (κ3) is 3.03. The zero-order valence-electron chi connectivity index (χ0n) is 8.88. The normalized spacial score (nSPS) is 11.3. The van der Waals surface area contributed by atoms with E-state index in [4.69, 9.17) is 39.2 Å². The van der Waals surface area contributed by atoms with Gasteiger partial charge in [0.1, 0.15) is 17.2 Å². The zero-order chi connectivity index (χ0) is 12.4. The fourth-order valence-corrected chi connectivity index (χ4v) is 2.22. The van der Waals surface area contributed by atoms with Gasteiger partial charge in [0.2, 0.25) is 0 Å². The second-order valence-electron chi connectivity index (χ2n) is 3.42. The Morgan fingerprint density at radius 2 is 1.76 bits per heavy atom. The van der Waals surface area contributed by atoms with Crippen molar-refractivity contribution in [2.45, 2.75) is 6.92 Å². The van der Waals surface area contributed by atoms with E-state index in [1.54, 1.807) is 18.3 Å². The van der Waals surface area contributed by atoms with E-state index in [0.717, 1.165) is 5.76 Å². The van der Waals surface area contributed by atoms with Crippen molar-refractivity contribution in [3.63, 3.8) is 0 Å². The molecule has 0 unspecified atom stereocenters. The number of hydrogen-bond acceptors (Lipinski definition) is 2. The molecule has 0 saturated carbocycles. The number of halogens is 3. The summed E-state index contributed by atoms with van der Waals surface area (Å²) in [4.78, 5) is 4.19. The lowest BCUT2D eigenvalue weighted by Crippen LogP contribution is -1.77. The molecule has 2 nitrogen and oxygen atoms in total. The molecule has 1 heterocycles. The highest BCUT2D eigenvalue weighted by Gasteiger charge is 2.06. The van der Waals surface area contributed by atoms with Crippen molar-refractivity contribution in [1.29, 1.82) is 0 Å². The summed E-state index contributed by atoms with van der Waals surface area (Å²) in [5.74, 6) is 1.46. The first kappa shape index (κ1) is 12.5. The molecular weight excluding hydrogens is 280 g/mol. The highest BCUT2D eigenvalue weighted by molar-refractivity contribution is 6.41. The molecule has 0 N–H and O–H groups in total. The van der Waals surface area contributed by atoms with Crippen LogP contribution in [-0.2, 0) is 0 Å². The largest absolute Gasteiger partial charge is 0.460 e. The van der Waals surface area contributed by atoms with Crippen LogP contribution in [0, 0.1) is 6.92 Å². The second kappa shape index (κ2) is 5.13. The fourth-order valence-electron chi connectivity index (χ4n) is 1.31. The Bertz CT molecular complexity index is 552. The molecule has 17 heavy (non-hydrogen) atoms. The predicted octanol–water partition coefficient (Wildman–Crippen LogP) is 5.30. The smallest absolute Gasteiger partial charge is 0.145 e. The summed E-state index contributed by atoms with van der Waals surface area (Å²) in [6.07, 6.45) is 1.56. The van der Waals surface area contributed by atoms with E-state index in [1.165, 1.54) is 0 Å². The summed E-state index contributed by atoms with van der Waals surface area (Å²) in [5.41, 5.74) is 0.479. The van der Waals surface area contributed by atoms with E-state index in [-0.39, 0.29) is 0 Å². The number of aliphatic imine (C=N–C) groups is 1. The molecule has 1 aromatic carbocycles. The van der Waals surface area contributed by atoms with Crippen molar-refractivity contribution >= 4 is 46.7 Å². The summed E-state index contributed by atoms with van der Waals surface area (Å²) in [7, 11) is 0. The highest BCUT2D eigenvalue weighted by atomic mass is 35.5. The van der Waals surface area contributed by atoms with Gasteiger partial charge in [0.05, 0.1) is 16.3 Å². The second-order valence-corrected chi connectivity index (χ2v) is 4.68. The number of aryl methyl sites for hydroxylation is 1. The molecule has 0 aliphatic carbocycles. The minimum absolute atomic E-state index is 0.405. The maximum absolute atomic E-state index is 5.99. The van der Waals surface area contributed by atoms with Crippen molar-refractivity contribution in [3.8, 4) is 0 Å². The van der Waals surface area contributed by atoms with E-state index >= 15 is 0 Å². The zero-order valence-corrected chi connectivity index (χ0v) is 11.1. The Morgan fingerprint density at radius 3 is 2.29 bits per heavy atom. The predicted molar refractivity (Wildman–Crippen MR) is 72.2 cm³/mol. The first-order chi connectivity index (χ1) is 8.06. The van der Waals surface area contributed by atoms with E-state index in [2.05, 4.69) is 4.99 Å². The summed E-state index contributed by atoms with van der Waals surface area (Å²) in [6, 6.07) is 6.85. The highest BCUT2D eigenvalue weighted by Crippen LogP contribution is 2.35. The van der Waals surface area contributed by atoms with E-state index < -0.39 is 0 Å². The summed E-state index contributed by atoms with van der Waals surface area (Å²) in [5, 5.41) is 1.29. The van der Waals surface area contributed by atoms with E-state index in [9.17, 15) is 0 Å². The van der Waals surface area contributed by atoms with Crippen LogP contribution >= 0.6 is 34.8 Å². The van der Waals surface area contributed by atoms with Crippen LogP contribution in [0.4, 0.5) is 5.69 Å². The lowest BCUT2D eigenvalue weighted by Gasteiger charge is -2.01. The van der Waals surface area contributed by atoms with Crippen LogP contribution in [0.3, 0.4) is 0 Å². The Morgan fingerprint density at radius 1 is 1.12 bits per heavy atom. The first-order valence-electron chi connectivity index (χ1n) is 4.81. The maximum Gasteiger partial charge on any atom is 0.145 e. The van der Waals surface area contributed by atoms with Gasteiger partial charge in [0.15, 0.2) is 0 Å². The Labute approximate surface area is 114 Å². The summed E-state index contributed by atoms with van der Waals surface area (Å²) in [6.45, 7) is 1.86. The lowest BCUT2D eigenvalue weighted by atomic mass is 10.3. The average molecular weight is 289 g/mol. The van der Waals surface area contributed by atoms with Gasteiger partial charge in [-0.2, -0.15) is 0 Å². The van der Waals surface area contributed by atoms with Crippen LogP contribution in [0.1, 0.15) is 11.5 Å². The van der Waals surface area contributed by atoms with Gasteiger partial charge in [0.25, 0.3) is 0 Å². The van der Waals surface area contributed by atoms with E-state index in [1.807, 2.05) is 19.1 Å². The van der Waals surface area contributed by atoms with Gasteiger partial charge < -0.3 is 4.42 Å². The molecule has 0 atom stereocenters. The molecule has 5 heteroatoms. The van der Waals surface area contributed by atoms with Gasteiger partial charge in [-0.1, -0.05) is 34.8 Å². The summed E-state index contributed by atoms with van der Waals surface area (Å²) < 4.78 is 5.35. The number of nitrogens with zero attached hydrogens (tertiary/aromatic N) is 1. The van der Waals surface area contributed by atoms with Crippen LogP contribution < -0.4 is 0 Å². The van der Waals surface area contributed by atoms with Gasteiger partial charge in [-0.05, 0) is 31.2 Å². The standard InChI is InChI=1S/C12H8Cl3NO/c1-7-2-3-9(17-7)6-16-12-10(14)4-8(13)5-11(12)15/h2-6H,1H3. The van der Waals surface area contributed by atoms with Crippen molar-refractivity contribution in [1.82, 2.24) is 0 Å². The molecule has 0 radical (unpaired) electrons. The van der Waals surface area contributed by atoms with E-state index in [0.29, 0.717) is 26.5 Å². The molecule has 88 valence electrons. The van der Waals surface area contributed by atoms with Crippen LogP contribution in [0.25, 0.3) is 0 Å². The number of furan rings is 1. The van der Waals surface area contributed by atoms with Crippen LogP contribution in [0.15, 0.2) is 33.7 Å². The van der Waals surface area contributed by atoms with Gasteiger partial charge in [-0.15, -0.1) is 0 Å². The van der Waals surface area contributed by atoms with Crippen molar-refractivity contribution in [2.75, 3.05) is 0 Å². The minimum atomic E-state index is 0.405. The van der Waals surface area contributed by atoms with Gasteiger partial charge in [-0.25, -0.2) is 4.99 Å². The lowest BCUT2D eigenvalue weighted by molar-refractivity contribution is 0.528. The Hall–Kier alpha value is -0.960. The van der Waals surface area contributed by atoms with Crippen LogP contribution in [0.5, 0.6) is 0 Å². The molecular formula is C12H8Cl3NO. The third-order valence-corrected chi connectivity index (χ3v) is 2.86. The molecule has 0 fully saturated rings. The molecule has 0 saturated heterocycles. The first-order valence-corrected chi connectivity index (χ1v) is 5.94. The molecule has 0 spiro atoms. The molecule has 2 aromatic rings. The maximum atomic E-state index is 5.99.